The summed E-state index contributed by atoms with van der Waals surface area (Å²) in [5.74, 6) is 0.0906. The van der Waals surface area contributed by atoms with Gasteiger partial charge in [-0.05, 0) is 50.5 Å². The number of carbonyl (C=O) groups is 1. The molecule has 1 aromatic carbocycles. The van der Waals surface area contributed by atoms with Crippen molar-refractivity contribution < 1.29 is 13.2 Å². The smallest absolute Gasteiger partial charge is 0.244 e. The van der Waals surface area contributed by atoms with Gasteiger partial charge in [-0.15, -0.1) is 0 Å². The molecule has 0 atom stereocenters. The molecule has 7 nitrogen and oxygen atoms in total. The molecule has 30 heavy (non-hydrogen) atoms. The highest BCUT2D eigenvalue weighted by molar-refractivity contribution is 7.89. The number of nitrogens with one attached hydrogen (secondary N) is 2. The molecular weight excluding hydrogens is 424 g/mol. The first-order chi connectivity index (χ1) is 14.0. The number of aromatic nitrogens is 2. The van der Waals surface area contributed by atoms with E-state index in [2.05, 4.69) is 29.0 Å². The minimum atomic E-state index is -3.58. The molecule has 9 heteroatoms. The van der Waals surface area contributed by atoms with E-state index in [1.807, 2.05) is 6.92 Å². The van der Waals surface area contributed by atoms with Crippen LogP contribution in [0.25, 0.3) is 6.08 Å². The van der Waals surface area contributed by atoms with Gasteiger partial charge in [0.2, 0.25) is 15.9 Å². The molecule has 0 saturated heterocycles. The van der Waals surface area contributed by atoms with E-state index in [-0.39, 0.29) is 23.4 Å². The first kappa shape index (κ1) is 24.1. The predicted octanol–water partition coefficient (Wildman–Crippen LogP) is 3.52. The fraction of sp³-hybridized carbons (Fsp3) is 0.429. The molecule has 1 amide bonds. The Kier molecular flexibility index (Phi) is 8.23. The lowest BCUT2D eigenvalue weighted by Gasteiger charge is -2.11. The molecular formula is C21H29ClN4O3S. The normalized spacial score (nSPS) is 12.3. The van der Waals surface area contributed by atoms with Crippen LogP contribution in [-0.2, 0) is 27.9 Å². The molecule has 0 saturated carbocycles. The highest BCUT2D eigenvalue weighted by Crippen LogP contribution is 2.22. The molecule has 1 aromatic heterocycles. The van der Waals surface area contributed by atoms with Gasteiger partial charge in [0.1, 0.15) is 5.15 Å². The zero-order valence-corrected chi connectivity index (χ0v) is 19.5. The number of hydrogen-bond donors (Lipinski definition) is 2. The van der Waals surface area contributed by atoms with Crippen molar-refractivity contribution in [2.45, 2.75) is 58.6 Å². The molecule has 2 rings (SSSR count). The average molecular weight is 453 g/mol. The fourth-order valence-electron chi connectivity index (χ4n) is 2.83. The van der Waals surface area contributed by atoms with Crippen molar-refractivity contribution in [2.75, 3.05) is 0 Å². The number of carbonyl (C=O) groups excluding carboxylic acids is 1. The van der Waals surface area contributed by atoms with E-state index in [1.165, 1.54) is 12.1 Å². The standard InChI is InChI=1S/C21H29ClN4O3S/c1-14(2)13-26-21(22)19(16(5)24-26)9-10-20(27)23-12-17-7-6-8-18(11-17)30(28,29)25-15(3)4/h6-11,14-15,25H,12-13H2,1-5H3,(H,23,27)/b10-9+. The summed E-state index contributed by atoms with van der Waals surface area (Å²) in [4.78, 5) is 12.4. The van der Waals surface area contributed by atoms with Crippen LogP contribution in [0.15, 0.2) is 35.2 Å². The maximum Gasteiger partial charge on any atom is 0.244 e. The zero-order valence-electron chi connectivity index (χ0n) is 17.9. The Morgan fingerprint density at radius 3 is 2.60 bits per heavy atom. The van der Waals surface area contributed by atoms with Crippen molar-refractivity contribution in [1.29, 1.82) is 0 Å². The zero-order chi connectivity index (χ0) is 22.5. The predicted molar refractivity (Wildman–Crippen MR) is 120 cm³/mol. The number of amides is 1. The second kappa shape index (κ2) is 10.2. The van der Waals surface area contributed by atoms with Crippen LogP contribution in [-0.4, -0.2) is 30.1 Å². The van der Waals surface area contributed by atoms with E-state index in [4.69, 9.17) is 11.6 Å². The molecule has 0 aliphatic carbocycles. The van der Waals surface area contributed by atoms with Gasteiger partial charge >= 0.3 is 0 Å². The molecule has 0 fully saturated rings. The van der Waals surface area contributed by atoms with Gasteiger partial charge in [0.25, 0.3) is 0 Å². The van der Waals surface area contributed by atoms with Crippen LogP contribution in [0.2, 0.25) is 5.15 Å². The average Bonchev–Trinajstić information content (AvgIpc) is 2.90. The summed E-state index contributed by atoms with van der Waals surface area (Å²) in [6, 6.07) is 6.28. The van der Waals surface area contributed by atoms with Gasteiger partial charge in [0.05, 0.1) is 10.6 Å². The highest BCUT2D eigenvalue weighted by atomic mass is 35.5. The SMILES string of the molecule is Cc1nn(CC(C)C)c(Cl)c1/C=C/C(=O)NCc1cccc(S(=O)(=O)NC(C)C)c1. The first-order valence-electron chi connectivity index (χ1n) is 9.79. The molecule has 0 aliphatic heterocycles. The van der Waals surface area contributed by atoms with E-state index >= 15 is 0 Å². The van der Waals surface area contributed by atoms with Gasteiger partial charge in [0, 0.05) is 30.8 Å². The van der Waals surface area contributed by atoms with Crippen LogP contribution < -0.4 is 10.0 Å². The molecule has 0 bridgehead atoms. The Morgan fingerprint density at radius 1 is 1.27 bits per heavy atom. The Bertz CT molecular complexity index is 1030. The van der Waals surface area contributed by atoms with Crippen LogP contribution in [0, 0.1) is 12.8 Å². The minimum absolute atomic E-state index is 0.165. The van der Waals surface area contributed by atoms with Crippen LogP contribution in [0.3, 0.4) is 0 Å². The lowest BCUT2D eigenvalue weighted by molar-refractivity contribution is -0.116. The Hall–Kier alpha value is -2.16. The summed E-state index contributed by atoms with van der Waals surface area (Å²) in [7, 11) is -3.58. The molecule has 0 radical (unpaired) electrons. The van der Waals surface area contributed by atoms with E-state index in [0.29, 0.717) is 28.7 Å². The maximum atomic E-state index is 12.3. The van der Waals surface area contributed by atoms with Gasteiger partial charge in [-0.2, -0.15) is 5.10 Å². The van der Waals surface area contributed by atoms with E-state index < -0.39 is 10.0 Å². The van der Waals surface area contributed by atoms with Crippen LogP contribution in [0.4, 0.5) is 0 Å². The number of hydrogen-bond acceptors (Lipinski definition) is 4. The number of aryl methyl sites for hydroxylation is 1. The van der Waals surface area contributed by atoms with Crippen molar-refractivity contribution >= 4 is 33.6 Å². The second-order valence-corrected chi connectivity index (χ2v) is 9.91. The Morgan fingerprint density at radius 2 is 1.97 bits per heavy atom. The molecule has 1 heterocycles. The van der Waals surface area contributed by atoms with E-state index in [0.717, 1.165) is 5.69 Å². The summed E-state index contributed by atoms with van der Waals surface area (Å²) >= 11 is 6.38. The monoisotopic (exact) mass is 452 g/mol. The lowest BCUT2D eigenvalue weighted by atomic mass is 10.2. The number of benzene rings is 1. The third-order valence-corrected chi connectivity index (χ3v) is 6.17. The fourth-order valence-corrected chi connectivity index (χ4v) is 4.46. The van der Waals surface area contributed by atoms with Crippen molar-refractivity contribution in [1.82, 2.24) is 19.8 Å². The third-order valence-electron chi connectivity index (χ3n) is 4.12. The van der Waals surface area contributed by atoms with Crippen LogP contribution in [0.5, 0.6) is 0 Å². The van der Waals surface area contributed by atoms with Crippen molar-refractivity contribution in [3.63, 3.8) is 0 Å². The van der Waals surface area contributed by atoms with Gasteiger partial charge < -0.3 is 5.32 Å². The molecule has 0 unspecified atom stereocenters. The Balaban J connectivity index is 2.04. The molecule has 2 aromatic rings. The van der Waals surface area contributed by atoms with Gasteiger partial charge in [0.15, 0.2) is 0 Å². The molecule has 2 N–H and O–H groups in total. The highest BCUT2D eigenvalue weighted by Gasteiger charge is 2.16. The first-order valence-corrected chi connectivity index (χ1v) is 11.7. The van der Waals surface area contributed by atoms with Gasteiger partial charge in [-0.1, -0.05) is 37.6 Å². The molecule has 0 spiro atoms. The van der Waals surface area contributed by atoms with Crippen molar-refractivity contribution in [3.05, 3.63) is 52.3 Å². The summed E-state index contributed by atoms with van der Waals surface area (Å²) in [6.07, 6.45) is 3.04. The summed E-state index contributed by atoms with van der Waals surface area (Å²) in [6.45, 7) is 10.4. The molecule has 164 valence electrons. The summed E-state index contributed by atoms with van der Waals surface area (Å²) < 4.78 is 28.9. The maximum absolute atomic E-state index is 12.3. The number of halogens is 1. The van der Waals surface area contributed by atoms with Crippen molar-refractivity contribution in [2.24, 2.45) is 5.92 Å². The quantitative estimate of drug-likeness (QED) is 0.569. The van der Waals surface area contributed by atoms with E-state index in [1.54, 1.807) is 42.8 Å². The second-order valence-electron chi connectivity index (χ2n) is 7.84. The van der Waals surface area contributed by atoms with Gasteiger partial charge in [-0.25, -0.2) is 13.1 Å². The third kappa shape index (κ3) is 6.68. The topological polar surface area (TPSA) is 93.1 Å². The molecule has 0 aliphatic rings. The lowest BCUT2D eigenvalue weighted by Crippen LogP contribution is -2.30. The van der Waals surface area contributed by atoms with Crippen LogP contribution >= 0.6 is 11.6 Å². The van der Waals surface area contributed by atoms with E-state index in [9.17, 15) is 13.2 Å². The number of nitrogens with zero attached hydrogens (tertiary/aromatic N) is 2. The number of sulfonamides is 1. The Labute approximate surface area is 183 Å². The summed E-state index contributed by atoms with van der Waals surface area (Å²) in [5, 5.41) is 7.67. The summed E-state index contributed by atoms with van der Waals surface area (Å²) in [5.41, 5.74) is 2.14. The largest absolute Gasteiger partial charge is 0.348 e. The van der Waals surface area contributed by atoms with Crippen LogP contribution in [0.1, 0.15) is 44.5 Å². The van der Waals surface area contributed by atoms with Gasteiger partial charge in [-0.3, -0.25) is 9.48 Å². The number of rotatable bonds is 9. The minimum Gasteiger partial charge on any atom is -0.348 e. The van der Waals surface area contributed by atoms with Crippen molar-refractivity contribution in [3.8, 4) is 0 Å².